The molecule has 4 nitrogen and oxygen atoms in total. The Hall–Kier alpha value is -0.610. The van der Waals surface area contributed by atoms with Crippen LogP contribution in [0.1, 0.15) is 51.9 Å². The first-order valence-corrected chi connectivity index (χ1v) is 8.71. The fraction of sp³-hybridized carbons (Fsp3) is 0.941. The summed E-state index contributed by atoms with van der Waals surface area (Å²) in [5.74, 6) is 1.48. The average molecular weight is 296 g/mol. The van der Waals surface area contributed by atoms with E-state index in [1.165, 1.54) is 39.2 Å². The Morgan fingerprint density at radius 2 is 2.14 bits per heavy atom. The molecule has 4 unspecified atom stereocenters. The maximum atomic E-state index is 11.8. The zero-order valence-corrected chi connectivity index (χ0v) is 13.7. The van der Waals surface area contributed by atoms with Crippen LogP contribution in [-0.2, 0) is 9.53 Å². The predicted octanol–water partition coefficient (Wildman–Crippen LogP) is 2.42. The topological polar surface area (TPSA) is 55.6 Å². The molecule has 0 spiro atoms. The molecule has 1 aliphatic carbocycles. The van der Waals surface area contributed by atoms with Crippen LogP contribution >= 0.6 is 0 Å². The van der Waals surface area contributed by atoms with Crippen molar-refractivity contribution in [2.45, 2.75) is 57.9 Å². The lowest BCUT2D eigenvalue weighted by Gasteiger charge is -2.45. The highest BCUT2D eigenvalue weighted by Gasteiger charge is 2.37. The van der Waals surface area contributed by atoms with E-state index in [-0.39, 0.29) is 11.9 Å². The number of likely N-dealkylation sites (tertiary alicyclic amines) is 1. The molecule has 4 atom stereocenters. The quantitative estimate of drug-likeness (QED) is 0.792. The first-order valence-electron chi connectivity index (χ1n) is 8.71. The Bertz CT molecular complexity index is 335. The molecule has 2 rings (SSSR count). The highest BCUT2D eigenvalue weighted by Crippen LogP contribution is 2.36. The third-order valence-electron chi connectivity index (χ3n) is 5.52. The second-order valence-electron chi connectivity index (χ2n) is 6.89. The molecule has 1 heterocycles. The molecule has 4 heteroatoms. The molecule has 122 valence electrons. The fourth-order valence-electron chi connectivity index (χ4n) is 4.35. The van der Waals surface area contributed by atoms with Gasteiger partial charge in [0.15, 0.2) is 0 Å². The van der Waals surface area contributed by atoms with Crippen molar-refractivity contribution in [1.29, 1.82) is 0 Å². The Morgan fingerprint density at radius 1 is 1.33 bits per heavy atom. The maximum Gasteiger partial charge on any atom is 0.309 e. The summed E-state index contributed by atoms with van der Waals surface area (Å²) in [4.78, 5) is 14.4. The largest absolute Gasteiger partial charge is 0.469 e. The van der Waals surface area contributed by atoms with Crippen molar-refractivity contribution >= 4 is 5.97 Å². The van der Waals surface area contributed by atoms with Crippen LogP contribution in [0.4, 0.5) is 0 Å². The molecule has 21 heavy (non-hydrogen) atoms. The van der Waals surface area contributed by atoms with Gasteiger partial charge in [0.25, 0.3) is 0 Å². The van der Waals surface area contributed by atoms with E-state index in [9.17, 15) is 4.79 Å². The summed E-state index contributed by atoms with van der Waals surface area (Å²) in [6.45, 7) is 5.04. The number of esters is 1. The van der Waals surface area contributed by atoms with Gasteiger partial charge in [-0.15, -0.1) is 0 Å². The number of nitrogens with zero attached hydrogens (tertiary/aromatic N) is 1. The summed E-state index contributed by atoms with van der Waals surface area (Å²) in [5, 5.41) is 0. The Balaban J connectivity index is 2.00. The second kappa shape index (κ2) is 8.14. The molecular weight excluding hydrogens is 264 g/mol. The summed E-state index contributed by atoms with van der Waals surface area (Å²) in [7, 11) is 1.50. The summed E-state index contributed by atoms with van der Waals surface area (Å²) in [6, 6.07) is 0.577. The van der Waals surface area contributed by atoms with Gasteiger partial charge in [0.1, 0.15) is 0 Å². The highest BCUT2D eigenvalue weighted by atomic mass is 16.5. The van der Waals surface area contributed by atoms with E-state index in [0.29, 0.717) is 12.0 Å². The summed E-state index contributed by atoms with van der Waals surface area (Å²) >= 11 is 0. The molecule has 1 aliphatic heterocycles. The van der Waals surface area contributed by atoms with Crippen LogP contribution in [0.25, 0.3) is 0 Å². The van der Waals surface area contributed by atoms with Crippen molar-refractivity contribution < 1.29 is 9.53 Å². The number of carbonyl (C=O) groups excluding carboxylic acids is 1. The second-order valence-corrected chi connectivity index (χ2v) is 6.89. The average Bonchev–Trinajstić information content (AvgIpc) is 2.54. The zero-order chi connectivity index (χ0) is 15.2. The molecule has 2 aliphatic rings. The number of hydrogen-bond donors (Lipinski definition) is 1. The minimum atomic E-state index is -0.0371. The van der Waals surface area contributed by atoms with Gasteiger partial charge in [-0.1, -0.05) is 26.2 Å². The predicted molar refractivity (Wildman–Crippen MR) is 84.9 cm³/mol. The molecule has 0 aromatic heterocycles. The third kappa shape index (κ3) is 4.19. The lowest BCUT2D eigenvalue weighted by molar-refractivity contribution is -0.148. The standard InChI is InChI=1S/C17H32N2O2/c1-3-5-13-7-8-14(11-18)16(10-13)19-9-4-6-15(12-19)17(20)21-2/h13-16H,3-12,18H2,1-2H3. The van der Waals surface area contributed by atoms with Gasteiger partial charge in [-0.2, -0.15) is 0 Å². The molecule has 0 bridgehead atoms. The Kier molecular flexibility index (Phi) is 6.49. The molecule has 0 aromatic rings. The van der Waals surface area contributed by atoms with Crippen LogP contribution in [0.5, 0.6) is 0 Å². The van der Waals surface area contributed by atoms with Crippen molar-refractivity contribution in [1.82, 2.24) is 4.90 Å². The van der Waals surface area contributed by atoms with E-state index in [1.807, 2.05) is 0 Å². The lowest BCUT2D eigenvalue weighted by Crippen LogP contribution is -2.51. The van der Waals surface area contributed by atoms with Crippen molar-refractivity contribution in [3.05, 3.63) is 0 Å². The molecule has 0 aromatic carbocycles. The normalized spacial score (nSPS) is 34.6. The van der Waals surface area contributed by atoms with E-state index in [2.05, 4.69) is 11.8 Å². The molecule has 2 fully saturated rings. The summed E-state index contributed by atoms with van der Waals surface area (Å²) in [5.41, 5.74) is 6.02. The molecule has 1 saturated carbocycles. The van der Waals surface area contributed by atoms with Gasteiger partial charge in [0.05, 0.1) is 13.0 Å². The molecule has 1 saturated heterocycles. The van der Waals surface area contributed by atoms with Crippen LogP contribution in [0.2, 0.25) is 0 Å². The fourth-order valence-corrected chi connectivity index (χ4v) is 4.35. The number of carbonyl (C=O) groups is 1. The molecule has 0 radical (unpaired) electrons. The SMILES string of the molecule is CCCC1CCC(CN)C(N2CCCC(C(=O)OC)C2)C1. The van der Waals surface area contributed by atoms with E-state index >= 15 is 0 Å². The number of methoxy groups -OCH3 is 1. The summed E-state index contributed by atoms with van der Waals surface area (Å²) in [6.07, 6.45) is 8.54. The Morgan fingerprint density at radius 3 is 2.81 bits per heavy atom. The monoisotopic (exact) mass is 296 g/mol. The minimum Gasteiger partial charge on any atom is -0.469 e. The van der Waals surface area contributed by atoms with Crippen molar-refractivity contribution in [2.24, 2.45) is 23.5 Å². The number of rotatable bonds is 5. The van der Waals surface area contributed by atoms with Crippen LogP contribution < -0.4 is 5.73 Å². The van der Waals surface area contributed by atoms with Gasteiger partial charge in [-0.05, 0) is 50.6 Å². The van der Waals surface area contributed by atoms with Crippen LogP contribution in [0, 0.1) is 17.8 Å². The van der Waals surface area contributed by atoms with E-state index in [1.54, 1.807) is 0 Å². The van der Waals surface area contributed by atoms with E-state index in [0.717, 1.165) is 38.4 Å². The highest BCUT2D eigenvalue weighted by molar-refractivity contribution is 5.72. The van der Waals surface area contributed by atoms with Gasteiger partial charge in [0, 0.05) is 12.6 Å². The number of hydrogen-bond acceptors (Lipinski definition) is 4. The molecular formula is C17H32N2O2. The minimum absolute atomic E-state index is 0.0371. The van der Waals surface area contributed by atoms with Crippen molar-refractivity contribution in [3.8, 4) is 0 Å². The van der Waals surface area contributed by atoms with Crippen LogP contribution in [-0.4, -0.2) is 43.7 Å². The molecule has 0 amide bonds. The smallest absolute Gasteiger partial charge is 0.309 e. The maximum absolute atomic E-state index is 11.8. The number of piperidine rings is 1. The molecule has 2 N–H and O–H groups in total. The lowest BCUT2D eigenvalue weighted by atomic mass is 9.75. The first-order chi connectivity index (χ1) is 10.2. The van der Waals surface area contributed by atoms with Gasteiger partial charge in [0.2, 0.25) is 0 Å². The third-order valence-corrected chi connectivity index (χ3v) is 5.52. The van der Waals surface area contributed by atoms with E-state index in [4.69, 9.17) is 10.5 Å². The first kappa shape index (κ1) is 16.8. The van der Waals surface area contributed by atoms with Gasteiger partial charge < -0.3 is 10.5 Å². The van der Waals surface area contributed by atoms with Crippen LogP contribution in [0.3, 0.4) is 0 Å². The van der Waals surface area contributed by atoms with Crippen LogP contribution in [0.15, 0.2) is 0 Å². The van der Waals surface area contributed by atoms with Crippen molar-refractivity contribution in [2.75, 3.05) is 26.7 Å². The van der Waals surface area contributed by atoms with E-state index < -0.39 is 0 Å². The van der Waals surface area contributed by atoms with Gasteiger partial charge in [-0.3, -0.25) is 9.69 Å². The Labute approximate surface area is 129 Å². The zero-order valence-electron chi connectivity index (χ0n) is 13.7. The van der Waals surface area contributed by atoms with Crippen molar-refractivity contribution in [3.63, 3.8) is 0 Å². The summed E-state index contributed by atoms with van der Waals surface area (Å²) < 4.78 is 4.95. The number of ether oxygens (including phenoxy) is 1. The van der Waals surface area contributed by atoms with Gasteiger partial charge >= 0.3 is 5.97 Å². The number of nitrogens with two attached hydrogens (primary N) is 1. The van der Waals surface area contributed by atoms with Gasteiger partial charge in [-0.25, -0.2) is 0 Å².